The summed E-state index contributed by atoms with van der Waals surface area (Å²) in [4.78, 5) is 8.42. The molecule has 0 saturated heterocycles. The summed E-state index contributed by atoms with van der Waals surface area (Å²) in [6.45, 7) is 2.60. The van der Waals surface area contributed by atoms with Crippen LogP contribution in [0.5, 0.6) is 0 Å². The number of nitrogens with one attached hydrogen (secondary N) is 1. The number of aryl methyl sites for hydroxylation is 1. The summed E-state index contributed by atoms with van der Waals surface area (Å²) >= 11 is 0. The summed E-state index contributed by atoms with van der Waals surface area (Å²) in [5, 5.41) is 7.50. The first-order chi connectivity index (χ1) is 9.76. The van der Waals surface area contributed by atoms with E-state index in [0.717, 1.165) is 23.6 Å². The van der Waals surface area contributed by atoms with Gasteiger partial charge in [0.1, 0.15) is 12.1 Å². The van der Waals surface area contributed by atoms with Crippen molar-refractivity contribution in [3.63, 3.8) is 0 Å². The first-order valence-corrected chi connectivity index (χ1v) is 6.49. The van der Waals surface area contributed by atoms with Gasteiger partial charge in [0.2, 0.25) is 0 Å². The van der Waals surface area contributed by atoms with E-state index < -0.39 is 0 Å². The fourth-order valence-electron chi connectivity index (χ4n) is 2.09. The van der Waals surface area contributed by atoms with Crippen LogP contribution in [-0.2, 0) is 6.42 Å². The number of nitrogens with two attached hydrogens (primary N) is 1. The molecule has 0 radical (unpaired) electrons. The molecule has 0 saturated carbocycles. The molecule has 0 fully saturated rings. The maximum absolute atomic E-state index is 5.55. The van der Waals surface area contributed by atoms with Crippen LogP contribution in [0.3, 0.4) is 0 Å². The minimum atomic E-state index is 0.590. The molecule has 0 unspecified atom stereocenters. The number of nitrogens with zero attached hydrogens (tertiary/aromatic N) is 4. The van der Waals surface area contributed by atoms with E-state index >= 15 is 0 Å². The molecule has 3 rings (SSSR count). The molecule has 0 aliphatic rings. The highest BCUT2D eigenvalue weighted by molar-refractivity contribution is 5.58. The van der Waals surface area contributed by atoms with Gasteiger partial charge in [-0.25, -0.2) is 4.98 Å². The lowest BCUT2D eigenvalue weighted by molar-refractivity contribution is 0.936. The van der Waals surface area contributed by atoms with Crippen LogP contribution in [0.2, 0.25) is 0 Å². The Bertz CT molecular complexity index is 716. The van der Waals surface area contributed by atoms with Crippen LogP contribution in [0.15, 0.2) is 36.7 Å². The minimum Gasteiger partial charge on any atom is -0.340 e. The van der Waals surface area contributed by atoms with Crippen LogP contribution in [0.25, 0.3) is 5.78 Å². The Labute approximate surface area is 116 Å². The first-order valence-electron chi connectivity index (χ1n) is 6.49. The molecule has 20 heavy (non-hydrogen) atoms. The van der Waals surface area contributed by atoms with Crippen molar-refractivity contribution in [2.24, 2.45) is 5.73 Å². The number of aromatic nitrogens is 4. The molecule has 6 nitrogen and oxygen atoms in total. The van der Waals surface area contributed by atoms with Crippen molar-refractivity contribution in [2.75, 3.05) is 11.9 Å². The van der Waals surface area contributed by atoms with E-state index in [-0.39, 0.29) is 0 Å². The average molecular weight is 268 g/mol. The van der Waals surface area contributed by atoms with Crippen molar-refractivity contribution in [3.8, 4) is 0 Å². The number of benzene rings is 1. The number of fused-ring (bicyclic) bond motifs is 1. The highest BCUT2D eigenvalue weighted by atomic mass is 15.3. The average Bonchev–Trinajstić information content (AvgIpc) is 2.89. The fraction of sp³-hybridized carbons (Fsp3) is 0.214. The number of hydrogen-bond donors (Lipinski definition) is 2. The molecule has 0 bridgehead atoms. The Hall–Kier alpha value is -2.47. The van der Waals surface area contributed by atoms with E-state index in [2.05, 4.69) is 32.5 Å². The third-order valence-corrected chi connectivity index (χ3v) is 3.04. The van der Waals surface area contributed by atoms with Crippen LogP contribution in [0, 0.1) is 6.92 Å². The Morgan fingerprint density at radius 1 is 1.25 bits per heavy atom. The topological polar surface area (TPSA) is 81.1 Å². The van der Waals surface area contributed by atoms with E-state index in [0.29, 0.717) is 12.3 Å². The predicted molar refractivity (Wildman–Crippen MR) is 78.0 cm³/mol. The van der Waals surface area contributed by atoms with Crippen LogP contribution in [0.1, 0.15) is 11.3 Å². The van der Waals surface area contributed by atoms with Gasteiger partial charge in [0.25, 0.3) is 5.78 Å². The second-order valence-electron chi connectivity index (χ2n) is 4.62. The Morgan fingerprint density at radius 3 is 2.80 bits per heavy atom. The van der Waals surface area contributed by atoms with Crippen molar-refractivity contribution in [2.45, 2.75) is 13.3 Å². The van der Waals surface area contributed by atoms with Crippen molar-refractivity contribution < 1.29 is 0 Å². The summed E-state index contributed by atoms with van der Waals surface area (Å²) in [5.74, 6) is 1.43. The van der Waals surface area contributed by atoms with Gasteiger partial charge < -0.3 is 11.1 Å². The fourth-order valence-corrected chi connectivity index (χ4v) is 2.09. The van der Waals surface area contributed by atoms with Crippen LogP contribution < -0.4 is 11.1 Å². The van der Waals surface area contributed by atoms with Gasteiger partial charge in [-0.05, 0) is 37.6 Å². The standard InChI is InChI=1S/C14H16N6/c1-10-8-13(20-14(18-10)16-9-17-20)19-12-4-2-11(3-5-12)6-7-15/h2-5,8-9,19H,6-7,15H2,1H3. The van der Waals surface area contributed by atoms with E-state index in [4.69, 9.17) is 5.73 Å². The van der Waals surface area contributed by atoms with E-state index in [9.17, 15) is 0 Å². The second-order valence-corrected chi connectivity index (χ2v) is 4.62. The number of rotatable bonds is 4. The molecule has 3 aromatic rings. The normalized spacial score (nSPS) is 10.9. The molecule has 0 aliphatic carbocycles. The maximum atomic E-state index is 5.55. The van der Waals surface area contributed by atoms with Gasteiger partial charge in [0.15, 0.2) is 0 Å². The third kappa shape index (κ3) is 2.46. The largest absolute Gasteiger partial charge is 0.340 e. The molecule has 6 heteroatoms. The molecular weight excluding hydrogens is 252 g/mol. The SMILES string of the molecule is Cc1cc(Nc2ccc(CCN)cc2)n2ncnc2n1. The lowest BCUT2D eigenvalue weighted by Gasteiger charge is -2.09. The van der Waals surface area contributed by atoms with Gasteiger partial charge in [-0.15, -0.1) is 0 Å². The van der Waals surface area contributed by atoms with Gasteiger partial charge in [-0.3, -0.25) is 0 Å². The van der Waals surface area contributed by atoms with Crippen molar-refractivity contribution in [1.82, 2.24) is 19.6 Å². The lowest BCUT2D eigenvalue weighted by atomic mass is 10.1. The third-order valence-electron chi connectivity index (χ3n) is 3.04. The smallest absolute Gasteiger partial charge is 0.254 e. The summed E-state index contributed by atoms with van der Waals surface area (Å²) in [6.07, 6.45) is 2.39. The summed E-state index contributed by atoms with van der Waals surface area (Å²) in [6, 6.07) is 10.1. The van der Waals surface area contributed by atoms with E-state index in [1.165, 1.54) is 11.9 Å². The number of anilines is 2. The molecule has 0 atom stereocenters. The first kappa shape index (κ1) is 12.6. The zero-order valence-electron chi connectivity index (χ0n) is 11.2. The summed E-state index contributed by atoms with van der Waals surface area (Å²) < 4.78 is 1.68. The molecule has 2 heterocycles. The summed E-state index contributed by atoms with van der Waals surface area (Å²) in [5.41, 5.74) is 8.67. The molecule has 3 N–H and O–H groups in total. The van der Waals surface area contributed by atoms with Crippen LogP contribution in [0.4, 0.5) is 11.5 Å². The molecular formula is C14H16N6. The van der Waals surface area contributed by atoms with Crippen molar-refractivity contribution >= 4 is 17.3 Å². The Morgan fingerprint density at radius 2 is 2.05 bits per heavy atom. The molecule has 0 spiro atoms. The lowest BCUT2D eigenvalue weighted by Crippen LogP contribution is -2.04. The van der Waals surface area contributed by atoms with Gasteiger partial charge >= 0.3 is 0 Å². The van der Waals surface area contributed by atoms with Gasteiger partial charge in [0, 0.05) is 17.4 Å². The van der Waals surface area contributed by atoms with Gasteiger partial charge in [-0.1, -0.05) is 12.1 Å². The monoisotopic (exact) mass is 268 g/mol. The molecule has 1 aromatic carbocycles. The maximum Gasteiger partial charge on any atom is 0.254 e. The zero-order valence-corrected chi connectivity index (χ0v) is 11.2. The summed E-state index contributed by atoms with van der Waals surface area (Å²) in [7, 11) is 0. The van der Waals surface area contributed by atoms with Gasteiger partial charge in [0.05, 0.1) is 0 Å². The van der Waals surface area contributed by atoms with Crippen LogP contribution >= 0.6 is 0 Å². The molecule has 0 aliphatic heterocycles. The van der Waals surface area contributed by atoms with E-state index in [1.54, 1.807) is 4.52 Å². The molecule has 0 amide bonds. The van der Waals surface area contributed by atoms with Gasteiger partial charge in [-0.2, -0.15) is 14.6 Å². The van der Waals surface area contributed by atoms with E-state index in [1.807, 2.05) is 25.1 Å². The van der Waals surface area contributed by atoms with Crippen molar-refractivity contribution in [3.05, 3.63) is 47.9 Å². The van der Waals surface area contributed by atoms with Crippen LogP contribution in [-0.4, -0.2) is 26.1 Å². The highest BCUT2D eigenvalue weighted by Crippen LogP contribution is 2.18. The highest BCUT2D eigenvalue weighted by Gasteiger charge is 2.05. The number of hydrogen-bond acceptors (Lipinski definition) is 5. The zero-order chi connectivity index (χ0) is 13.9. The quantitative estimate of drug-likeness (QED) is 0.752. The van der Waals surface area contributed by atoms with Crippen molar-refractivity contribution in [1.29, 1.82) is 0 Å². The molecule has 2 aromatic heterocycles. The molecule has 102 valence electrons. The minimum absolute atomic E-state index is 0.590. The second kappa shape index (κ2) is 5.26. The predicted octanol–water partition coefficient (Wildman–Crippen LogP) is 1.68. The Kier molecular flexibility index (Phi) is 3.30. The Balaban J connectivity index is 1.90.